The van der Waals surface area contributed by atoms with Crippen LogP contribution in [0.1, 0.15) is 73.6 Å². The van der Waals surface area contributed by atoms with Crippen molar-refractivity contribution in [3.8, 4) is 0 Å². The molecule has 8 aromatic carbocycles. The Morgan fingerprint density at radius 3 is 0.625 bits per heavy atom. The van der Waals surface area contributed by atoms with Gasteiger partial charge in [-0.2, -0.15) is 0 Å². The standard InChI is InChI=1S/C76H92N20O8/c77-73(78)85-33-9-21-57-65(97)89-58(22-10-34-86-74(79)80)66(98)91-60(24-12-36-88-76(83)84)68(100)93-62(42-46-26-30-50-14-2-6-18-54(50)38-46)70(102)95-64(44-48-28-32-52-16-4-8-20-56(52)40-48)72(104)96-63(43-47-27-31-51-15-3-7-19-55(51)39-47)71(103)94-61(41-45-25-29-49-13-1-5-17-53(49)37-45)69(101)92-59(67(99)90-57)23-11-35-87-75(81)82/h1-8,13-20,25-32,37-40,57-64H,9-12,21-24,33-36,41-44H2,(H,89,97)(H,90,99)(H,91,98)(H,92,101)(H,93,100)(H,94,103)(H,95,102)(H,96,104)(H4,77,78,85)(H4,79,80,86)(H4,81,82,87)(H4,83,84,88)/t57-,58-,59-,60-,61-,62-,63-,64-/m0/s1. The monoisotopic (exact) mass is 1410 g/mol. The van der Waals surface area contributed by atoms with E-state index >= 15 is 38.4 Å². The van der Waals surface area contributed by atoms with Gasteiger partial charge in [0.2, 0.25) is 47.3 Å². The molecule has 8 aromatic rings. The zero-order valence-corrected chi connectivity index (χ0v) is 57.7. The Kier molecular flexibility index (Phi) is 27.2. The van der Waals surface area contributed by atoms with Crippen molar-refractivity contribution in [3.05, 3.63) is 192 Å². The van der Waals surface area contributed by atoms with Crippen LogP contribution in [-0.4, -0.2) is 146 Å². The van der Waals surface area contributed by atoms with E-state index in [1.807, 2.05) is 170 Å². The lowest BCUT2D eigenvalue weighted by Gasteiger charge is -2.29. The number of nitrogens with one attached hydrogen (secondary N) is 16. The van der Waals surface area contributed by atoms with Crippen LogP contribution in [-0.2, 0) is 64.0 Å². The molecule has 104 heavy (non-hydrogen) atoms. The first-order valence-electron chi connectivity index (χ1n) is 34.8. The fraction of sp³-hybridized carbons (Fsp3) is 0.316. The van der Waals surface area contributed by atoms with Crippen molar-refractivity contribution < 1.29 is 38.4 Å². The fourth-order valence-electron chi connectivity index (χ4n) is 12.6. The lowest BCUT2D eigenvalue weighted by Crippen LogP contribution is -2.62. The minimum Gasteiger partial charge on any atom is -0.370 e. The highest BCUT2D eigenvalue weighted by molar-refractivity contribution is 6.00. The number of rotatable bonds is 24. The van der Waals surface area contributed by atoms with Crippen molar-refractivity contribution in [2.75, 3.05) is 26.2 Å². The van der Waals surface area contributed by atoms with Crippen molar-refractivity contribution in [3.63, 3.8) is 0 Å². The maximum absolute atomic E-state index is 15.8. The molecule has 0 radical (unpaired) electrons. The van der Waals surface area contributed by atoms with Gasteiger partial charge in [0.05, 0.1) is 0 Å². The predicted molar refractivity (Wildman–Crippen MR) is 403 cm³/mol. The van der Waals surface area contributed by atoms with Crippen LogP contribution in [0, 0.1) is 21.6 Å². The average Bonchev–Trinajstić information content (AvgIpc) is 0.829. The molecule has 1 saturated heterocycles. The number of hydrogen-bond acceptors (Lipinski definition) is 12. The molecule has 24 N–H and O–H groups in total. The molecule has 0 spiro atoms. The molecule has 0 aliphatic carbocycles. The lowest BCUT2D eigenvalue weighted by atomic mass is 9.97. The van der Waals surface area contributed by atoms with E-state index in [0.29, 0.717) is 22.3 Å². The molecule has 1 heterocycles. The second kappa shape index (κ2) is 37.4. The van der Waals surface area contributed by atoms with Crippen LogP contribution in [0.25, 0.3) is 43.1 Å². The smallest absolute Gasteiger partial charge is 0.243 e. The quantitative estimate of drug-likeness (QED) is 0.0235. The van der Waals surface area contributed by atoms with Gasteiger partial charge in [-0.25, -0.2) is 0 Å². The Labute approximate surface area is 601 Å². The fourth-order valence-corrected chi connectivity index (χ4v) is 12.6. The van der Waals surface area contributed by atoms with Crippen LogP contribution >= 0.6 is 0 Å². The largest absolute Gasteiger partial charge is 0.370 e. The first-order chi connectivity index (χ1) is 50.1. The molecule has 0 bridgehead atoms. The number of amides is 8. The van der Waals surface area contributed by atoms with Crippen LogP contribution in [0.2, 0.25) is 0 Å². The number of guanidine groups is 4. The molecular formula is C76H92N20O8. The summed E-state index contributed by atoms with van der Waals surface area (Å²) in [5, 5.41) is 72.0. The van der Waals surface area contributed by atoms with Gasteiger partial charge >= 0.3 is 0 Å². The molecule has 28 heteroatoms. The molecule has 0 aromatic heterocycles. The number of carbonyl (C=O) groups is 8. The van der Waals surface area contributed by atoms with Gasteiger partial charge in [-0.3, -0.25) is 60.0 Å². The van der Waals surface area contributed by atoms with Gasteiger partial charge in [-0.05, 0) is 117 Å². The van der Waals surface area contributed by atoms with E-state index in [1.165, 1.54) is 0 Å². The summed E-state index contributed by atoms with van der Waals surface area (Å²) in [6.07, 6.45) is -0.633. The third-order valence-corrected chi connectivity index (χ3v) is 18.0. The summed E-state index contributed by atoms with van der Waals surface area (Å²) < 4.78 is 0. The Morgan fingerprint density at radius 2 is 0.433 bits per heavy atom. The first kappa shape index (κ1) is 75.8. The zero-order valence-electron chi connectivity index (χ0n) is 57.7. The summed E-state index contributed by atoms with van der Waals surface area (Å²) in [4.78, 5) is 123. The number of hydrogen-bond donors (Lipinski definition) is 20. The highest BCUT2D eigenvalue weighted by Crippen LogP contribution is 2.23. The van der Waals surface area contributed by atoms with Gasteiger partial charge in [0.1, 0.15) is 48.3 Å². The van der Waals surface area contributed by atoms with Crippen molar-refractivity contribution >= 4 is 114 Å². The molecule has 1 aliphatic heterocycles. The van der Waals surface area contributed by atoms with Gasteiger partial charge < -0.3 is 86.7 Å². The van der Waals surface area contributed by atoms with Crippen molar-refractivity contribution in [2.45, 2.75) is 125 Å². The maximum Gasteiger partial charge on any atom is 0.243 e. The van der Waals surface area contributed by atoms with Crippen LogP contribution in [0.3, 0.4) is 0 Å². The summed E-state index contributed by atoms with van der Waals surface area (Å²) in [6.45, 7) is 0.256. The second-order valence-corrected chi connectivity index (χ2v) is 26.0. The third-order valence-electron chi connectivity index (χ3n) is 18.0. The Bertz CT molecular complexity index is 4260. The van der Waals surface area contributed by atoms with E-state index in [-0.39, 0.29) is 127 Å². The van der Waals surface area contributed by atoms with Gasteiger partial charge in [-0.15, -0.1) is 0 Å². The number of carbonyl (C=O) groups excluding carboxylic acids is 8. The van der Waals surface area contributed by atoms with Crippen molar-refractivity contribution in [1.29, 1.82) is 21.6 Å². The normalized spacial score (nSPS) is 19.7. The summed E-state index contributed by atoms with van der Waals surface area (Å²) in [5.41, 5.74) is 25.0. The van der Waals surface area contributed by atoms with E-state index in [9.17, 15) is 0 Å². The van der Waals surface area contributed by atoms with Crippen molar-refractivity contribution in [1.82, 2.24) is 63.8 Å². The molecule has 0 unspecified atom stereocenters. The van der Waals surface area contributed by atoms with E-state index in [2.05, 4.69) is 63.8 Å². The lowest BCUT2D eigenvalue weighted by molar-refractivity contribution is -0.136. The topological polar surface area (TPSA) is 480 Å². The van der Waals surface area contributed by atoms with E-state index in [4.69, 9.17) is 44.6 Å². The van der Waals surface area contributed by atoms with Gasteiger partial charge in [0.15, 0.2) is 23.8 Å². The second-order valence-electron chi connectivity index (χ2n) is 26.0. The SMILES string of the molecule is N=C(N)NCCC[C@@H]1NC(=O)[C@H](CCCNC(=N)N)NC(=O)[C@H](CCCNC(=N)N)NC(=O)[C@H](Cc2ccc3ccccc3c2)NC(=O)[C@H](Cc2ccc3ccccc3c2)NC(=O)[C@H](Cc2ccc3ccccc3c2)NC(=O)[C@H](Cc2ccc3ccccc3c2)NC(=O)[C@H](CCCNC(=N)N)NC1=O. The number of benzene rings is 8. The van der Waals surface area contributed by atoms with Gasteiger partial charge in [0.25, 0.3) is 0 Å². The first-order valence-corrected chi connectivity index (χ1v) is 34.8. The Hall–Kier alpha value is -12.4. The van der Waals surface area contributed by atoms with E-state index in [0.717, 1.165) is 43.1 Å². The Morgan fingerprint density at radius 1 is 0.260 bits per heavy atom. The Balaban J connectivity index is 1.18. The summed E-state index contributed by atoms with van der Waals surface area (Å²) in [6, 6.07) is 40.8. The van der Waals surface area contributed by atoms with E-state index < -0.39 is 95.6 Å². The van der Waals surface area contributed by atoms with Gasteiger partial charge in [0, 0.05) is 51.9 Å². The minimum atomic E-state index is -1.48. The third kappa shape index (κ3) is 22.8. The molecule has 9 rings (SSSR count). The summed E-state index contributed by atoms with van der Waals surface area (Å²) in [7, 11) is 0. The molecule has 28 nitrogen and oxygen atoms in total. The molecule has 1 fully saturated rings. The van der Waals surface area contributed by atoms with Crippen LogP contribution < -0.4 is 86.7 Å². The molecule has 544 valence electrons. The zero-order chi connectivity index (χ0) is 74.1. The van der Waals surface area contributed by atoms with Crippen LogP contribution in [0.4, 0.5) is 0 Å². The highest BCUT2D eigenvalue weighted by atomic mass is 16.2. The minimum absolute atomic E-state index is 0.0607. The molecular weight excluding hydrogens is 1320 g/mol. The van der Waals surface area contributed by atoms with Gasteiger partial charge in [-0.1, -0.05) is 170 Å². The average molecular weight is 1410 g/mol. The summed E-state index contributed by atoms with van der Waals surface area (Å²) in [5.74, 6) is -8.22. The van der Waals surface area contributed by atoms with Crippen molar-refractivity contribution in [2.24, 2.45) is 22.9 Å². The molecule has 1 aliphatic rings. The number of fused-ring (bicyclic) bond motifs is 4. The maximum atomic E-state index is 15.8. The molecule has 0 saturated carbocycles. The highest BCUT2D eigenvalue weighted by Gasteiger charge is 2.37. The van der Waals surface area contributed by atoms with E-state index in [1.54, 1.807) is 0 Å². The number of nitrogens with two attached hydrogens (primary N) is 4. The van der Waals surface area contributed by atoms with Crippen LogP contribution in [0.15, 0.2) is 170 Å². The predicted octanol–water partition coefficient (Wildman–Crippen LogP) is 2.52. The molecule has 8 amide bonds. The molecule has 8 atom stereocenters. The van der Waals surface area contributed by atoms with Crippen LogP contribution in [0.5, 0.6) is 0 Å². The summed E-state index contributed by atoms with van der Waals surface area (Å²) >= 11 is 0.